The molecule has 0 bridgehead atoms. The molecule has 1 aromatic rings. The smallest absolute Gasteiger partial charge is 0.324 e. The SMILES string of the molecule is CC(C)[C@H](NC1CCOCC1)C(=O)O[C@@H](C)C(=O)Nc1ccc2c(c1)OCO2. The number of benzene rings is 1. The van der Waals surface area contributed by atoms with Gasteiger partial charge in [-0.25, -0.2) is 0 Å². The van der Waals surface area contributed by atoms with Crippen LogP contribution in [0, 0.1) is 5.92 Å². The summed E-state index contributed by atoms with van der Waals surface area (Å²) in [6.07, 6.45) is 0.795. The Hall–Kier alpha value is -2.32. The lowest BCUT2D eigenvalue weighted by Gasteiger charge is -2.30. The molecule has 3 rings (SSSR count). The fraction of sp³-hybridized carbons (Fsp3) is 0.600. The maximum Gasteiger partial charge on any atom is 0.324 e. The van der Waals surface area contributed by atoms with Crippen molar-refractivity contribution in [2.45, 2.75) is 51.8 Å². The van der Waals surface area contributed by atoms with Gasteiger partial charge in [0.15, 0.2) is 17.6 Å². The number of carbonyl (C=O) groups is 2. The van der Waals surface area contributed by atoms with Gasteiger partial charge >= 0.3 is 5.97 Å². The van der Waals surface area contributed by atoms with Gasteiger partial charge in [0.2, 0.25) is 6.79 Å². The Bertz CT molecular complexity index is 702. The van der Waals surface area contributed by atoms with Crippen molar-refractivity contribution < 1.29 is 28.5 Å². The maximum absolute atomic E-state index is 12.6. The average molecular weight is 392 g/mol. The van der Waals surface area contributed by atoms with Gasteiger partial charge in [-0.05, 0) is 37.8 Å². The number of esters is 1. The number of fused-ring (bicyclic) bond motifs is 1. The number of carbonyl (C=O) groups excluding carboxylic acids is 2. The van der Waals surface area contributed by atoms with Crippen LogP contribution in [0.4, 0.5) is 5.69 Å². The van der Waals surface area contributed by atoms with Gasteiger partial charge in [0.25, 0.3) is 5.91 Å². The molecule has 0 unspecified atom stereocenters. The van der Waals surface area contributed by atoms with Crippen LogP contribution in [0.25, 0.3) is 0 Å². The molecular formula is C20H28N2O6. The topological polar surface area (TPSA) is 95.1 Å². The molecule has 1 aromatic carbocycles. The van der Waals surface area contributed by atoms with E-state index in [1.807, 2.05) is 13.8 Å². The highest BCUT2D eigenvalue weighted by atomic mass is 16.7. The van der Waals surface area contributed by atoms with E-state index in [0.29, 0.717) is 30.4 Å². The summed E-state index contributed by atoms with van der Waals surface area (Å²) < 4.78 is 21.3. The molecule has 2 aliphatic rings. The molecule has 28 heavy (non-hydrogen) atoms. The normalized spacial score (nSPS) is 18.6. The summed E-state index contributed by atoms with van der Waals surface area (Å²) in [7, 11) is 0. The van der Waals surface area contributed by atoms with Gasteiger partial charge in [0.1, 0.15) is 6.04 Å². The first-order valence-electron chi connectivity index (χ1n) is 9.69. The Morgan fingerprint density at radius 3 is 2.54 bits per heavy atom. The molecule has 0 radical (unpaired) electrons. The number of hydrogen-bond donors (Lipinski definition) is 2. The van der Waals surface area contributed by atoms with Crippen LogP contribution in [0.3, 0.4) is 0 Å². The largest absolute Gasteiger partial charge is 0.454 e. The van der Waals surface area contributed by atoms with Crippen molar-refractivity contribution in [1.82, 2.24) is 5.32 Å². The van der Waals surface area contributed by atoms with Crippen LogP contribution in [0.5, 0.6) is 11.5 Å². The van der Waals surface area contributed by atoms with E-state index in [4.69, 9.17) is 18.9 Å². The van der Waals surface area contributed by atoms with Gasteiger partial charge < -0.3 is 29.6 Å². The van der Waals surface area contributed by atoms with Crippen molar-refractivity contribution in [2.24, 2.45) is 5.92 Å². The number of rotatable bonds is 7. The number of hydrogen-bond acceptors (Lipinski definition) is 7. The standard InChI is InChI=1S/C20H28N2O6/c1-12(2)18(21-14-6-8-25-9-7-14)20(24)28-13(3)19(23)22-15-4-5-16-17(10-15)27-11-26-16/h4-5,10,12-14,18,21H,6-9,11H2,1-3H3,(H,22,23)/t13-,18-/m0/s1. The van der Waals surface area contributed by atoms with E-state index in [9.17, 15) is 9.59 Å². The Kier molecular flexibility index (Phi) is 6.74. The Labute approximate surface area is 164 Å². The molecule has 2 heterocycles. The van der Waals surface area contributed by atoms with Crippen LogP contribution in [-0.4, -0.2) is 50.1 Å². The van der Waals surface area contributed by atoms with Crippen molar-refractivity contribution in [3.05, 3.63) is 18.2 Å². The van der Waals surface area contributed by atoms with Gasteiger partial charge in [-0.15, -0.1) is 0 Å². The average Bonchev–Trinajstić information content (AvgIpc) is 3.14. The predicted octanol–water partition coefficient (Wildman–Crippen LogP) is 2.08. The molecule has 154 valence electrons. The first-order valence-corrected chi connectivity index (χ1v) is 9.69. The number of ether oxygens (including phenoxy) is 4. The molecule has 0 spiro atoms. The Balaban J connectivity index is 1.54. The molecule has 1 amide bonds. The molecule has 1 saturated heterocycles. The molecule has 8 nitrogen and oxygen atoms in total. The molecule has 2 atom stereocenters. The molecule has 2 aliphatic heterocycles. The summed E-state index contributed by atoms with van der Waals surface area (Å²) in [6, 6.07) is 4.86. The summed E-state index contributed by atoms with van der Waals surface area (Å²) >= 11 is 0. The molecule has 0 aliphatic carbocycles. The lowest BCUT2D eigenvalue weighted by Crippen LogP contribution is -2.50. The van der Waals surface area contributed by atoms with Gasteiger partial charge in [0, 0.05) is 31.0 Å². The zero-order valence-electron chi connectivity index (χ0n) is 16.5. The van der Waals surface area contributed by atoms with Crippen LogP contribution in [-0.2, 0) is 19.1 Å². The second-order valence-corrected chi connectivity index (χ2v) is 7.41. The molecule has 1 fully saturated rings. The zero-order valence-corrected chi connectivity index (χ0v) is 16.5. The molecule has 2 N–H and O–H groups in total. The van der Waals surface area contributed by atoms with Crippen LogP contribution in [0.15, 0.2) is 18.2 Å². The lowest BCUT2D eigenvalue weighted by molar-refractivity contribution is -0.156. The quantitative estimate of drug-likeness (QED) is 0.686. The number of amides is 1. The second-order valence-electron chi connectivity index (χ2n) is 7.41. The monoisotopic (exact) mass is 392 g/mol. The first kappa shape index (κ1) is 20.4. The number of nitrogens with one attached hydrogen (secondary N) is 2. The lowest BCUT2D eigenvalue weighted by atomic mass is 10.0. The van der Waals surface area contributed by atoms with E-state index in [2.05, 4.69) is 10.6 Å². The third-order valence-electron chi connectivity index (χ3n) is 4.86. The summed E-state index contributed by atoms with van der Waals surface area (Å²) in [5, 5.41) is 6.10. The molecule has 0 saturated carbocycles. The van der Waals surface area contributed by atoms with Crippen molar-refractivity contribution in [3.63, 3.8) is 0 Å². The van der Waals surface area contributed by atoms with E-state index in [-0.39, 0.29) is 18.8 Å². The highest BCUT2D eigenvalue weighted by Gasteiger charge is 2.30. The molecule has 0 aromatic heterocycles. The maximum atomic E-state index is 12.6. The highest BCUT2D eigenvalue weighted by Crippen LogP contribution is 2.34. The minimum atomic E-state index is -0.921. The predicted molar refractivity (Wildman–Crippen MR) is 102 cm³/mol. The second kappa shape index (κ2) is 9.25. The van der Waals surface area contributed by atoms with E-state index >= 15 is 0 Å². The fourth-order valence-corrected chi connectivity index (χ4v) is 3.17. The summed E-state index contributed by atoms with van der Waals surface area (Å²) in [5.41, 5.74) is 0.554. The minimum absolute atomic E-state index is 0.0412. The van der Waals surface area contributed by atoms with E-state index in [1.165, 1.54) is 0 Å². The van der Waals surface area contributed by atoms with Crippen molar-refractivity contribution in [2.75, 3.05) is 25.3 Å². The first-order chi connectivity index (χ1) is 13.4. The fourth-order valence-electron chi connectivity index (χ4n) is 3.17. The third-order valence-corrected chi connectivity index (χ3v) is 4.86. The van der Waals surface area contributed by atoms with Gasteiger partial charge in [-0.3, -0.25) is 9.59 Å². The summed E-state index contributed by atoms with van der Waals surface area (Å²) in [5.74, 6) is 0.425. The van der Waals surface area contributed by atoms with E-state index in [1.54, 1.807) is 25.1 Å². The van der Waals surface area contributed by atoms with Crippen molar-refractivity contribution in [3.8, 4) is 11.5 Å². The van der Waals surface area contributed by atoms with Crippen LogP contribution >= 0.6 is 0 Å². The Morgan fingerprint density at radius 2 is 1.82 bits per heavy atom. The minimum Gasteiger partial charge on any atom is -0.454 e. The van der Waals surface area contributed by atoms with Gasteiger partial charge in [-0.1, -0.05) is 13.8 Å². The molecular weight excluding hydrogens is 364 g/mol. The molecule has 8 heteroatoms. The van der Waals surface area contributed by atoms with Crippen molar-refractivity contribution >= 4 is 17.6 Å². The van der Waals surface area contributed by atoms with Crippen LogP contribution in [0.1, 0.15) is 33.6 Å². The summed E-state index contributed by atoms with van der Waals surface area (Å²) in [4.78, 5) is 25.1. The van der Waals surface area contributed by atoms with Crippen LogP contribution in [0.2, 0.25) is 0 Å². The van der Waals surface area contributed by atoms with Gasteiger partial charge in [0.05, 0.1) is 0 Å². The van der Waals surface area contributed by atoms with Gasteiger partial charge in [-0.2, -0.15) is 0 Å². The number of anilines is 1. The zero-order chi connectivity index (χ0) is 20.1. The van der Waals surface area contributed by atoms with Crippen molar-refractivity contribution in [1.29, 1.82) is 0 Å². The highest BCUT2D eigenvalue weighted by molar-refractivity contribution is 5.95. The third kappa shape index (κ3) is 5.14. The summed E-state index contributed by atoms with van der Waals surface area (Å²) in [6.45, 7) is 7.01. The Morgan fingerprint density at radius 1 is 1.11 bits per heavy atom. The van der Waals surface area contributed by atoms with E-state index < -0.39 is 24.0 Å². The van der Waals surface area contributed by atoms with Crippen LogP contribution < -0.4 is 20.1 Å². The van der Waals surface area contributed by atoms with E-state index in [0.717, 1.165) is 12.8 Å².